The summed E-state index contributed by atoms with van der Waals surface area (Å²) in [6.45, 7) is 8.80. The van der Waals surface area contributed by atoms with Crippen molar-refractivity contribution in [3.05, 3.63) is 106 Å². The summed E-state index contributed by atoms with van der Waals surface area (Å²) in [5.41, 5.74) is 4.66. The van der Waals surface area contributed by atoms with Crippen LogP contribution in [0.25, 0.3) is 5.76 Å². The number of fused-ring (bicyclic) bond motifs is 1. The van der Waals surface area contributed by atoms with Crippen molar-refractivity contribution in [3.63, 3.8) is 0 Å². The Morgan fingerprint density at radius 2 is 1.70 bits per heavy atom. The number of likely N-dealkylation sites (tertiary alicyclic amines) is 1. The number of rotatable bonds is 5. The molecule has 2 unspecified atom stereocenters. The van der Waals surface area contributed by atoms with E-state index in [1.165, 1.54) is 0 Å². The van der Waals surface area contributed by atoms with Crippen LogP contribution in [0.5, 0.6) is 5.75 Å². The quantitative estimate of drug-likeness (QED) is 0.269. The molecule has 190 valence electrons. The summed E-state index contributed by atoms with van der Waals surface area (Å²) >= 11 is 0. The number of ether oxygens (including phenoxy) is 1. The summed E-state index contributed by atoms with van der Waals surface area (Å²) in [4.78, 5) is 28.3. The fraction of sp³-hybridized carbons (Fsp3) is 0.312. The SMILES string of the molecule is CC1Cc2cc(/C(O)=C3\C(=O)C(=O)N(CCc4ccccc4)C3c3ccc(C(C)(C)C)cc3)ccc2O1. The van der Waals surface area contributed by atoms with Gasteiger partial charge in [0.2, 0.25) is 0 Å². The highest BCUT2D eigenvalue weighted by atomic mass is 16.5. The third kappa shape index (κ3) is 4.78. The van der Waals surface area contributed by atoms with Crippen LogP contribution in [0, 0.1) is 0 Å². The van der Waals surface area contributed by atoms with Gasteiger partial charge in [-0.05, 0) is 59.2 Å². The van der Waals surface area contributed by atoms with E-state index in [9.17, 15) is 14.7 Å². The molecule has 0 bridgehead atoms. The molecule has 2 heterocycles. The van der Waals surface area contributed by atoms with E-state index in [4.69, 9.17) is 4.74 Å². The molecule has 1 N–H and O–H groups in total. The molecule has 1 saturated heterocycles. The van der Waals surface area contributed by atoms with E-state index < -0.39 is 17.7 Å². The number of carbonyl (C=O) groups is 2. The molecule has 0 aromatic heterocycles. The first-order valence-corrected chi connectivity index (χ1v) is 12.9. The standard InChI is InChI=1S/C32H33NO4/c1-20-18-24-19-23(12-15-26(24)37-20)29(34)27-28(22-10-13-25(14-11-22)32(2,3)4)33(31(36)30(27)35)17-16-21-8-6-5-7-9-21/h5-15,19-20,28,34H,16-18H2,1-4H3/b29-27+. The van der Waals surface area contributed by atoms with Gasteiger partial charge in [0.25, 0.3) is 11.7 Å². The maximum absolute atomic E-state index is 13.4. The van der Waals surface area contributed by atoms with Crippen molar-refractivity contribution in [2.75, 3.05) is 6.54 Å². The summed E-state index contributed by atoms with van der Waals surface area (Å²) in [6.07, 6.45) is 1.41. The normalized spacial score (nSPS) is 20.7. The average molecular weight is 496 g/mol. The molecular weight excluding hydrogens is 462 g/mol. The van der Waals surface area contributed by atoms with Crippen molar-refractivity contribution in [2.24, 2.45) is 0 Å². The van der Waals surface area contributed by atoms with Crippen LogP contribution in [0.2, 0.25) is 0 Å². The molecule has 0 spiro atoms. The summed E-state index contributed by atoms with van der Waals surface area (Å²) in [7, 11) is 0. The minimum Gasteiger partial charge on any atom is -0.507 e. The first-order chi connectivity index (χ1) is 17.6. The number of nitrogens with zero attached hydrogens (tertiary/aromatic N) is 1. The van der Waals surface area contributed by atoms with Crippen molar-refractivity contribution < 1.29 is 19.4 Å². The largest absolute Gasteiger partial charge is 0.507 e. The molecular formula is C32H33NO4. The molecule has 2 aliphatic heterocycles. The van der Waals surface area contributed by atoms with Gasteiger partial charge in [0.15, 0.2) is 0 Å². The monoisotopic (exact) mass is 495 g/mol. The van der Waals surface area contributed by atoms with Crippen LogP contribution >= 0.6 is 0 Å². The highest BCUT2D eigenvalue weighted by Crippen LogP contribution is 2.41. The van der Waals surface area contributed by atoms with Crippen molar-refractivity contribution >= 4 is 17.4 Å². The first-order valence-electron chi connectivity index (χ1n) is 12.9. The van der Waals surface area contributed by atoms with Gasteiger partial charge in [-0.15, -0.1) is 0 Å². The molecule has 1 amide bonds. The van der Waals surface area contributed by atoms with E-state index in [1.807, 2.05) is 73.7 Å². The Morgan fingerprint density at radius 1 is 1.00 bits per heavy atom. The minimum atomic E-state index is -0.666. The summed E-state index contributed by atoms with van der Waals surface area (Å²) < 4.78 is 5.80. The number of amides is 1. The predicted octanol–water partition coefficient (Wildman–Crippen LogP) is 5.97. The lowest BCUT2D eigenvalue weighted by molar-refractivity contribution is -0.139. The molecule has 1 fully saturated rings. The first kappa shape index (κ1) is 24.8. The summed E-state index contributed by atoms with van der Waals surface area (Å²) in [5.74, 6) is -0.587. The lowest BCUT2D eigenvalue weighted by Crippen LogP contribution is -2.31. The van der Waals surface area contributed by atoms with Crippen molar-refractivity contribution in [2.45, 2.75) is 58.1 Å². The lowest BCUT2D eigenvalue weighted by atomic mass is 9.85. The number of hydrogen-bond acceptors (Lipinski definition) is 4. The number of carbonyl (C=O) groups excluding carboxylic acids is 2. The van der Waals surface area contributed by atoms with E-state index in [0.29, 0.717) is 18.5 Å². The van der Waals surface area contributed by atoms with Crippen LogP contribution in [0.3, 0.4) is 0 Å². The van der Waals surface area contributed by atoms with Crippen LogP contribution in [0.15, 0.2) is 78.4 Å². The number of hydrogen-bond donors (Lipinski definition) is 1. The highest BCUT2D eigenvalue weighted by Gasteiger charge is 2.46. The molecule has 3 aromatic carbocycles. The zero-order valence-electron chi connectivity index (χ0n) is 21.8. The van der Waals surface area contributed by atoms with Crippen LogP contribution in [-0.2, 0) is 27.8 Å². The number of aliphatic hydroxyl groups is 1. The van der Waals surface area contributed by atoms with Gasteiger partial charge in [0.1, 0.15) is 17.6 Å². The Kier molecular flexibility index (Phi) is 6.40. The number of benzene rings is 3. The number of ketones is 1. The van der Waals surface area contributed by atoms with E-state index >= 15 is 0 Å². The topological polar surface area (TPSA) is 66.8 Å². The van der Waals surface area contributed by atoms with Gasteiger partial charge in [-0.3, -0.25) is 9.59 Å². The molecule has 5 rings (SSSR count). The second kappa shape index (κ2) is 9.55. The van der Waals surface area contributed by atoms with Gasteiger partial charge in [-0.25, -0.2) is 0 Å². The fourth-order valence-corrected chi connectivity index (χ4v) is 5.24. The average Bonchev–Trinajstić information content (AvgIpc) is 3.37. The zero-order chi connectivity index (χ0) is 26.3. The molecule has 0 radical (unpaired) electrons. The van der Waals surface area contributed by atoms with Gasteiger partial charge in [-0.1, -0.05) is 75.4 Å². The van der Waals surface area contributed by atoms with Crippen molar-refractivity contribution in [3.8, 4) is 5.75 Å². The second-order valence-corrected chi connectivity index (χ2v) is 11.1. The van der Waals surface area contributed by atoms with Crippen LogP contribution in [0.1, 0.15) is 61.6 Å². The van der Waals surface area contributed by atoms with Gasteiger partial charge in [0, 0.05) is 18.5 Å². The molecule has 2 aliphatic rings. The Balaban J connectivity index is 1.58. The third-order valence-corrected chi connectivity index (χ3v) is 7.29. The Labute approximate surface area is 218 Å². The Hall–Kier alpha value is -3.86. The van der Waals surface area contributed by atoms with Crippen molar-refractivity contribution in [1.29, 1.82) is 0 Å². The van der Waals surface area contributed by atoms with Crippen LogP contribution in [0.4, 0.5) is 0 Å². The molecule has 5 nitrogen and oxygen atoms in total. The lowest BCUT2D eigenvalue weighted by Gasteiger charge is -2.26. The molecule has 0 saturated carbocycles. The molecule has 2 atom stereocenters. The van der Waals surface area contributed by atoms with Crippen LogP contribution < -0.4 is 4.74 Å². The second-order valence-electron chi connectivity index (χ2n) is 11.1. The van der Waals surface area contributed by atoms with E-state index in [0.717, 1.165) is 34.4 Å². The van der Waals surface area contributed by atoms with Gasteiger partial charge >= 0.3 is 0 Å². The van der Waals surface area contributed by atoms with Gasteiger partial charge in [0.05, 0.1) is 11.6 Å². The zero-order valence-corrected chi connectivity index (χ0v) is 21.8. The third-order valence-electron chi connectivity index (χ3n) is 7.29. The van der Waals surface area contributed by atoms with E-state index in [-0.39, 0.29) is 22.9 Å². The number of Topliss-reactive ketones (excluding diaryl/α,β-unsaturated/α-hetero) is 1. The minimum absolute atomic E-state index is 0.0305. The summed E-state index contributed by atoms with van der Waals surface area (Å²) in [5, 5.41) is 11.5. The molecule has 5 heteroatoms. The smallest absolute Gasteiger partial charge is 0.295 e. The van der Waals surface area contributed by atoms with E-state index in [2.05, 4.69) is 20.8 Å². The molecule has 0 aliphatic carbocycles. The molecule has 37 heavy (non-hydrogen) atoms. The van der Waals surface area contributed by atoms with Gasteiger partial charge in [-0.2, -0.15) is 0 Å². The maximum Gasteiger partial charge on any atom is 0.295 e. The van der Waals surface area contributed by atoms with E-state index in [1.54, 1.807) is 11.0 Å². The Bertz CT molecular complexity index is 1370. The van der Waals surface area contributed by atoms with Gasteiger partial charge < -0.3 is 14.7 Å². The summed E-state index contributed by atoms with van der Waals surface area (Å²) in [6, 6.07) is 22.7. The van der Waals surface area contributed by atoms with Crippen molar-refractivity contribution in [1.82, 2.24) is 4.90 Å². The maximum atomic E-state index is 13.4. The highest BCUT2D eigenvalue weighted by molar-refractivity contribution is 6.46. The predicted molar refractivity (Wildman–Crippen MR) is 145 cm³/mol. The number of aliphatic hydroxyl groups excluding tert-OH is 1. The molecule has 3 aromatic rings. The fourth-order valence-electron chi connectivity index (χ4n) is 5.24. The van der Waals surface area contributed by atoms with Crippen LogP contribution in [-0.4, -0.2) is 34.3 Å². The Morgan fingerprint density at radius 3 is 2.38 bits per heavy atom.